The minimum Gasteiger partial charge on any atom is -0.324 e. The highest BCUT2D eigenvalue weighted by Crippen LogP contribution is 2.27. The molecule has 1 unspecified atom stereocenters. The van der Waals surface area contributed by atoms with E-state index in [0.29, 0.717) is 28.4 Å². The molecule has 138 valence electrons. The average Bonchev–Trinajstić information content (AvgIpc) is 3.23. The van der Waals surface area contributed by atoms with Crippen molar-refractivity contribution in [1.29, 1.82) is 5.26 Å². The molecule has 2 amide bonds. The van der Waals surface area contributed by atoms with Crippen LogP contribution in [0.3, 0.4) is 0 Å². The molecule has 0 radical (unpaired) electrons. The van der Waals surface area contributed by atoms with Gasteiger partial charge in [-0.15, -0.1) is 11.8 Å². The molecule has 0 spiro atoms. The molecule has 0 saturated carbocycles. The highest BCUT2D eigenvalue weighted by molar-refractivity contribution is 7.99. The third-order valence-corrected chi connectivity index (χ3v) is 5.62. The minimum atomic E-state index is -0.555. The summed E-state index contributed by atoms with van der Waals surface area (Å²) in [7, 11) is 0. The molecule has 2 heterocycles. The van der Waals surface area contributed by atoms with E-state index in [1.54, 1.807) is 65.3 Å². The van der Waals surface area contributed by atoms with Crippen LogP contribution in [0.4, 0.5) is 5.69 Å². The molecule has 3 aromatic rings. The minimum absolute atomic E-state index is 0.177. The molecule has 4 rings (SSSR count). The standard InChI is InChI=1S/C21H16N4O2S/c22-11-14-6-8-15(9-7-14)24-20(26)19-12-28-13-25(19)21(27)17-3-1-5-18-16(17)4-2-10-23-18/h1-10,19H,12-13H2,(H,24,26). The number of nitriles is 1. The molecular weight excluding hydrogens is 372 g/mol. The Bertz CT molecular complexity index is 1090. The third kappa shape index (κ3) is 3.42. The van der Waals surface area contributed by atoms with E-state index >= 15 is 0 Å². The first-order valence-corrected chi connectivity index (χ1v) is 9.86. The van der Waals surface area contributed by atoms with Crippen LogP contribution in [0.2, 0.25) is 0 Å². The van der Waals surface area contributed by atoms with Gasteiger partial charge in [0, 0.05) is 28.6 Å². The number of carbonyl (C=O) groups is 2. The smallest absolute Gasteiger partial charge is 0.255 e. The number of anilines is 1. The van der Waals surface area contributed by atoms with Gasteiger partial charge in [-0.05, 0) is 42.5 Å². The lowest BCUT2D eigenvalue weighted by atomic mass is 10.1. The molecule has 7 heteroatoms. The number of thioether (sulfide) groups is 1. The predicted octanol–water partition coefficient (Wildman–Crippen LogP) is 3.26. The molecular formula is C21H16N4O2S. The molecule has 2 aromatic carbocycles. The number of amides is 2. The summed E-state index contributed by atoms with van der Waals surface area (Å²) in [6, 6.07) is 17.2. The Morgan fingerprint density at radius 3 is 2.75 bits per heavy atom. The van der Waals surface area contributed by atoms with Gasteiger partial charge in [-0.1, -0.05) is 12.1 Å². The number of pyridine rings is 1. The molecule has 0 aliphatic carbocycles. The summed E-state index contributed by atoms with van der Waals surface area (Å²) in [5, 5.41) is 12.5. The number of rotatable bonds is 3. The van der Waals surface area contributed by atoms with Gasteiger partial charge in [-0.2, -0.15) is 5.26 Å². The number of nitrogens with zero attached hydrogens (tertiary/aromatic N) is 3. The fraction of sp³-hybridized carbons (Fsp3) is 0.143. The van der Waals surface area contributed by atoms with E-state index in [9.17, 15) is 9.59 Å². The van der Waals surface area contributed by atoms with Crippen molar-refractivity contribution in [3.05, 3.63) is 71.9 Å². The Morgan fingerprint density at radius 1 is 1.14 bits per heavy atom. The first kappa shape index (κ1) is 18.0. The van der Waals surface area contributed by atoms with E-state index in [4.69, 9.17) is 5.26 Å². The van der Waals surface area contributed by atoms with Crippen molar-refractivity contribution in [1.82, 2.24) is 9.88 Å². The van der Waals surface area contributed by atoms with E-state index < -0.39 is 6.04 Å². The molecule has 1 fully saturated rings. The van der Waals surface area contributed by atoms with Crippen molar-refractivity contribution in [3.63, 3.8) is 0 Å². The maximum absolute atomic E-state index is 13.2. The van der Waals surface area contributed by atoms with Crippen LogP contribution in [0.15, 0.2) is 60.8 Å². The monoisotopic (exact) mass is 388 g/mol. The van der Waals surface area contributed by atoms with Crippen LogP contribution in [-0.4, -0.2) is 39.4 Å². The van der Waals surface area contributed by atoms with Crippen molar-refractivity contribution < 1.29 is 9.59 Å². The first-order valence-electron chi connectivity index (χ1n) is 8.71. The average molecular weight is 388 g/mol. The zero-order valence-electron chi connectivity index (χ0n) is 14.8. The van der Waals surface area contributed by atoms with Gasteiger partial charge in [0.15, 0.2) is 0 Å². The van der Waals surface area contributed by atoms with Gasteiger partial charge in [0.2, 0.25) is 5.91 Å². The summed E-state index contributed by atoms with van der Waals surface area (Å²) >= 11 is 1.55. The van der Waals surface area contributed by atoms with Gasteiger partial charge < -0.3 is 10.2 Å². The third-order valence-electron chi connectivity index (χ3n) is 4.60. The summed E-state index contributed by atoms with van der Waals surface area (Å²) in [6.07, 6.45) is 1.69. The van der Waals surface area contributed by atoms with Crippen molar-refractivity contribution in [2.75, 3.05) is 16.9 Å². The largest absolute Gasteiger partial charge is 0.324 e. The topological polar surface area (TPSA) is 86.1 Å². The van der Waals surface area contributed by atoms with Gasteiger partial charge in [-0.3, -0.25) is 14.6 Å². The van der Waals surface area contributed by atoms with Crippen LogP contribution in [0.5, 0.6) is 0 Å². The lowest BCUT2D eigenvalue weighted by molar-refractivity contribution is -0.119. The zero-order chi connectivity index (χ0) is 19.5. The molecule has 1 saturated heterocycles. The van der Waals surface area contributed by atoms with Crippen LogP contribution in [0, 0.1) is 11.3 Å². The lowest BCUT2D eigenvalue weighted by Crippen LogP contribution is -2.44. The number of hydrogen-bond donors (Lipinski definition) is 1. The first-order chi connectivity index (χ1) is 13.7. The fourth-order valence-corrected chi connectivity index (χ4v) is 4.31. The summed E-state index contributed by atoms with van der Waals surface area (Å²) in [5.74, 6) is 0.586. The van der Waals surface area contributed by atoms with E-state index in [1.165, 1.54) is 0 Å². The highest BCUT2D eigenvalue weighted by Gasteiger charge is 2.35. The van der Waals surface area contributed by atoms with Gasteiger partial charge >= 0.3 is 0 Å². The van der Waals surface area contributed by atoms with Gasteiger partial charge in [0.1, 0.15) is 6.04 Å². The molecule has 1 aliphatic rings. The number of nitrogens with one attached hydrogen (secondary N) is 1. The molecule has 0 bridgehead atoms. The Hall–Kier alpha value is -3.37. The van der Waals surface area contributed by atoms with E-state index in [-0.39, 0.29) is 11.8 Å². The van der Waals surface area contributed by atoms with Gasteiger partial charge in [-0.25, -0.2) is 0 Å². The van der Waals surface area contributed by atoms with Crippen LogP contribution in [-0.2, 0) is 4.79 Å². The summed E-state index contributed by atoms with van der Waals surface area (Å²) in [5.41, 5.74) is 2.42. The quantitative estimate of drug-likeness (QED) is 0.744. The summed E-state index contributed by atoms with van der Waals surface area (Å²) in [6.45, 7) is 0. The maximum atomic E-state index is 13.2. The second kappa shape index (κ2) is 7.71. The SMILES string of the molecule is N#Cc1ccc(NC(=O)C2CSCN2C(=O)c2cccc3ncccc23)cc1. The Kier molecular flexibility index (Phi) is 4.96. The van der Waals surface area contributed by atoms with Crippen molar-refractivity contribution >= 4 is 40.2 Å². The summed E-state index contributed by atoms with van der Waals surface area (Å²) in [4.78, 5) is 31.9. The predicted molar refractivity (Wildman–Crippen MR) is 109 cm³/mol. The number of carbonyl (C=O) groups excluding carboxylic acids is 2. The van der Waals surface area contributed by atoms with Crippen LogP contribution >= 0.6 is 11.8 Å². The van der Waals surface area contributed by atoms with Gasteiger partial charge in [0.25, 0.3) is 5.91 Å². The highest BCUT2D eigenvalue weighted by atomic mass is 32.2. The van der Waals surface area contributed by atoms with Crippen molar-refractivity contribution in [2.24, 2.45) is 0 Å². The van der Waals surface area contributed by atoms with Crippen LogP contribution in [0.25, 0.3) is 10.9 Å². The van der Waals surface area contributed by atoms with Gasteiger partial charge in [0.05, 0.1) is 23.0 Å². The van der Waals surface area contributed by atoms with Crippen molar-refractivity contribution in [3.8, 4) is 6.07 Å². The Morgan fingerprint density at radius 2 is 1.96 bits per heavy atom. The number of aromatic nitrogens is 1. The summed E-state index contributed by atoms with van der Waals surface area (Å²) < 4.78 is 0. The molecule has 1 atom stereocenters. The van der Waals surface area contributed by atoms with Crippen molar-refractivity contribution in [2.45, 2.75) is 6.04 Å². The number of hydrogen-bond acceptors (Lipinski definition) is 5. The number of fused-ring (bicyclic) bond motifs is 1. The molecule has 28 heavy (non-hydrogen) atoms. The van der Waals surface area contributed by atoms with Crippen LogP contribution < -0.4 is 5.32 Å². The van der Waals surface area contributed by atoms with E-state index in [1.807, 2.05) is 18.2 Å². The number of benzene rings is 2. The molecule has 1 aromatic heterocycles. The normalized spacial score (nSPS) is 16.0. The second-order valence-corrected chi connectivity index (χ2v) is 7.34. The lowest BCUT2D eigenvalue weighted by Gasteiger charge is -2.23. The van der Waals surface area contributed by atoms with Crippen LogP contribution in [0.1, 0.15) is 15.9 Å². The fourth-order valence-electron chi connectivity index (χ4n) is 3.16. The maximum Gasteiger partial charge on any atom is 0.255 e. The van der Waals surface area contributed by atoms with E-state index in [0.717, 1.165) is 10.9 Å². The molecule has 1 N–H and O–H groups in total. The molecule has 6 nitrogen and oxygen atoms in total. The zero-order valence-corrected chi connectivity index (χ0v) is 15.6. The Labute approximate surface area is 166 Å². The second-order valence-electron chi connectivity index (χ2n) is 6.34. The van der Waals surface area contributed by atoms with E-state index in [2.05, 4.69) is 10.3 Å². The molecule has 1 aliphatic heterocycles. The Balaban J connectivity index is 1.56.